The lowest BCUT2D eigenvalue weighted by molar-refractivity contribution is -0.910. The minimum atomic E-state index is 0. The number of unbranched alkanes of at least 4 members (excludes halogenated alkanes) is 6. The maximum absolute atomic E-state index is 9.19. The molecule has 18 heavy (non-hydrogen) atoms. The fourth-order valence-electron chi connectivity index (χ4n) is 2.42. The van der Waals surface area contributed by atoms with Crippen LogP contribution in [-0.4, -0.2) is 42.9 Å². The summed E-state index contributed by atoms with van der Waals surface area (Å²) in [5, 5.41) is 9.19. The lowest BCUT2D eigenvalue weighted by Crippen LogP contribution is -3.00. The maximum atomic E-state index is 9.19. The van der Waals surface area contributed by atoms with Crippen molar-refractivity contribution in [3.8, 4) is 0 Å². The van der Waals surface area contributed by atoms with Crippen LogP contribution in [0.2, 0.25) is 0 Å². The Bertz CT molecular complexity index is 153. The van der Waals surface area contributed by atoms with Gasteiger partial charge in [-0.1, -0.05) is 39.5 Å². The molecule has 3 heteroatoms. The summed E-state index contributed by atoms with van der Waals surface area (Å²) in [6.07, 6.45) is 10.7. The molecule has 0 aliphatic heterocycles. The topological polar surface area (TPSA) is 20.2 Å². The number of hydrogen-bond acceptors (Lipinski definition) is 1. The Kier molecular flexibility index (Phi) is 16.4. The molecule has 0 spiro atoms. The van der Waals surface area contributed by atoms with Crippen molar-refractivity contribution in [1.29, 1.82) is 0 Å². The van der Waals surface area contributed by atoms with Gasteiger partial charge in [0.15, 0.2) is 0 Å². The zero-order valence-corrected chi connectivity index (χ0v) is 14.9. The Hall–Kier alpha value is 0.650. The quantitative estimate of drug-likeness (QED) is 0.303. The van der Waals surface area contributed by atoms with E-state index in [2.05, 4.69) is 20.9 Å². The highest BCUT2D eigenvalue weighted by Gasteiger charge is 2.19. The van der Waals surface area contributed by atoms with E-state index >= 15 is 0 Å². The van der Waals surface area contributed by atoms with E-state index in [1.807, 2.05) is 0 Å². The van der Waals surface area contributed by atoms with E-state index in [1.165, 1.54) is 64.5 Å². The zero-order chi connectivity index (χ0) is 13.0. The molecule has 2 nitrogen and oxygen atoms in total. The van der Waals surface area contributed by atoms with Crippen molar-refractivity contribution < 1.29 is 33.6 Å². The first kappa shape index (κ1) is 21.0. The minimum Gasteiger partial charge on any atom is -1.00 e. The van der Waals surface area contributed by atoms with Crippen molar-refractivity contribution in [1.82, 2.24) is 0 Å². The summed E-state index contributed by atoms with van der Waals surface area (Å²) in [4.78, 5) is 0. The molecule has 0 aromatic rings. The maximum Gasteiger partial charge on any atom is 0.102 e. The third-order valence-corrected chi connectivity index (χ3v) is 3.74. The van der Waals surface area contributed by atoms with E-state index in [0.29, 0.717) is 6.61 Å². The SMILES string of the molecule is CCCCCC[N+](C)(CCO)CCCCCC.[I-]. The van der Waals surface area contributed by atoms with Gasteiger partial charge in [-0.15, -0.1) is 0 Å². The van der Waals surface area contributed by atoms with Gasteiger partial charge in [0.2, 0.25) is 0 Å². The summed E-state index contributed by atoms with van der Waals surface area (Å²) in [6.45, 7) is 8.26. The number of quaternary nitrogens is 1. The molecule has 112 valence electrons. The molecule has 0 radical (unpaired) electrons. The van der Waals surface area contributed by atoms with Gasteiger partial charge in [-0.3, -0.25) is 0 Å². The molecule has 0 atom stereocenters. The van der Waals surface area contributed by atoms with Gasteiger partial charge in [-0.2, -0.15) is 0 Å². The Morgan fingerprint density at radius 2 is 1.17 bits per heavy atom. The first-order valence-corrected chi connectivity index (χ1v) is 7.63. The lowest BCUT2D eigenvalue weighted by atomic mass is 10.1. The van der Waals surface area contributed by atoms with Crippen LogP contribution in [0.4, 0.5) is 0 Å². The van der Waals surface area contributed by atoms with Gasteiger partial charge in [0.05, 0.1) is 26.7 Å². The van der Waals surface area contributed by atoms with Crippen LogP contribution < -0.4 is 24.0 Å². The average Bonchev–Trinajstić information content (AvgIpc) is 2.31. The summed E-state index contributed by atoms with van der Waals surface area (Å²) in [5.41, 5.74) is 0. The van der Waals surface area contributed by atoms with Crippen LogP contribution in [0.15, 0.2) is 0 Å². The highest BCUT2D eigenvalue weighted by atomic mass is 127. The number of aliphatic hydroxyl groups is 1. The number of halogens is 1. The van der Waals surface area contributed by atoms with Crippen LogP contribution in [0, 0.1) is 0 Å². The van der Waals surface area contributed by atoms with E-state index in [9.17, 15) is 5.11 Å². The minimum absolute atomic E-state index is 0. The normalized spacial score (nSPS) is 11.3. The van der Waals surface area contributed by atoms with Crippen molar-refractivity contribution in [2.24, 2.45) is 0 Å². The van der Waals surface area contributed by atoms with Gasteiger partial charge in [0, 0.05) is 0 Å². The number of likely N-dealkylation sites (N-methyl/N-ethyl adjacent to an activating group) is 1. The van der Waals surface area contributed by atoms with Gasteiger partial charge in [-0.05, 0) is 25.7 Å². The third-order valence-electron chi connectivity index (χ3n) is 3.74. The molecule has 0 amide bonds. The second-order valence-electron chi connectivity index (χ2n) is 5.64. The van der Waals surface area contributed by atoms with Crippen molar-refractivity contribution in [3.05, 3.63) is 0 Å². The molecule has 0 unspecified atom stereocenters. The Balaban J connectivity index is 0. The third kappa shape index (κ3) is 11.7. The zero-order valence-electron chi connectivity index (χ0n) is 12.8. The first-order chi connectivity index (χ1) is 8.18. The molecule has 0 fully saturated rings. The number of nitrogens with zero attached hydrogens (tertiary/aromatic N) is 1. The molecule has 0 aliphatic rings. The molecule has 0 aromatic carbocycles. The van der Waals surface area contributed by atoms with Crippen LogP contribution >= 0.6 is 0 Å². The largest absolute Gasteiger partial charge is 1.00 e. The molecular weight excluding hydrogens is 337 g/mol. The average molecular weight is 371 g/mol. The molecule has 1 N–H and O–H groups in total. The van der Waals surface area contributed by atoms with Gasteiger partial charge < -0.3 is 33.6 Å². The Morgan fingerprint density at radius 3 is 1.50 bits per heavy atom. The van der Waals surface area contributed by atoms with Crippen molar-refractivity contribution in [2.75, 3.05) is 33.3 Å². The van der Waals surface area contributed by atoms with Crippen LogP contribution in [0.1, 0.15) is 65.2 Å². The van der Waals surface area contributed by atoms with E-state index in [0.717, 1.165) is 11.0 Å². The van der Waals surface area contributed by atoms with Crippen LogP contribution in [0.3, 0.4) is 0 Å². The molecule has 0 aromatic heterocycles. The standard InChI is InChI=1S/C15H34NO.HI/c1-4-6-8-10-12-16(3,14-15-17)13-11-9-7-5-2;/h17H,4-15H2,1-3H3;1H/q+1;/p-1. The number of hydrogen-bond donors (Lipinski definition) is 1. The predicted molar refractivity (Wildman–Crippen MR) is 76.2 cm³/mol. The summed E-state index contributed by atoms with van der Waals surface area (Å²) in [6, 6.07) is 0. The number of rotatable bonds is 12. The molecule has 0 aliphatic carbocycles. The Morgan fingerprint density at radius 1 is 0.722 bits per heavy atom. The predicted octanol–water partition coefficient (Wildman–Crippen LogP) is 0.590. The van der Waals surface area contributed by atoms with Crippen LogP contribution in [-0.2, 0) is 0 Å². The second-order valence-corrected chi connectivity index (χ2v) is 5.64. The summed E-state index contributed by atoms with van der Waals surface area (Å²) < 4.78 is 1.07. The monoisotopic (exact) mass is 371 g/mol. The summed E-state index contributed by atoms with van der Waals surface area (Å²) in [5.74, 6) is 0. The van der Waals surface area contributed by atoms with E-state index < -0.39 is 0 Å². The molecule has 0 heterocycles. The van der Waals surface area contributed by atoms with Crippen LogP contribution in [0.25, 0.3) is 0 Å². The molecule has 0 bridgehead atoms. The highest BCUT2D eigenvalue weighted by Crippen LogP contribution is 2.11. The number of aliphatic hydroxyl groups excluding tert-OH is 1. The smallest absolute Gasteiger partial charge is 0.102 e. The molecular formula is C15H34INO. The first-order valence-electron chi connectivity index (χ1n) is 7.63. The summed E-state index contributed by atoms with van der Waals surface area (Å²) in [7, 11) is 2.31. The summed E-state index contributed by atoms with van der Waals surface area (Å²) >= 11 is 0. The fourth-order valence-corrected chi connectivity index (χ4v) is 2.42. The van der Waals surface area contributed by atoms with Crippen molar-refractivity contribution in [3.63, 3.8) is 0 Å². The highest BCUT2D eigenvalue weighted by molar-refractivity contribution is 4.46. The van der Waals surface area contributed by atoms with Crippen molar-refractivity contribution in [2.45, 2.75) is 65.2 Å². The second kappa shape index (κ2) is 14.1. The van der Waals surface area contributed by atoms with Gasteiger partial charge in [-0.25, -0.2) is 0 Å². The van der Waals surface area contributed by atoms with E-state index in [4.69, 9.17) is 0 Å². The molecule has 0 rings (SSSR count). The van der Waals surface area contributed by atoms with Gasteiger partial charge in [0.25, 0.3) is 0 Å². The molecule has 0 saturated heterocycles. The fraction of sp³-hybridized carbons (Fsp3) is 1.00. The van der Waals surface area contributed by atoms with Crippen LogP contribution in [0.5, 0.6) is 0 Å². The van der Waals surface area contributed by atoms with Crippen molar-refractivity contribution >= 4 is 0 Å². The Labute approximate surface area is 132 Å². The molecule has 0 saturated carbocycles. The van der Waals surface area contributed by atoms with E-state index in [1.54, 1.807) is 0 Å². The van der Waals surface area contributed by atoms with Gasteiger partial charge >= 0.3 is 0 Å². The van der Waals surface area contributed by atoms with E-state index in [-0.39, 0.29) is 24.0 Å². The lowest BCUT2D eigenvalue weighted by Gasteiger charge is -2.34. The van der Waals surface area contributed by atoms with Gasteiger partial charge in [0.1, 0.15) is 6.54 Å².